The van der Waals surface area contributed by atoms with E-state index in [1.165, 1.54) is 7.05 Å². The Labute approximate surface area is 351 Å². The Kier molecular flexibility index (Phi) is 22.6. The van der Waals surface area contributed by atoms with Gasteiger partial charge in [0.2, 0.25) is 0 Å². The average Bonchev–Trinajstić information content (AvgIpc) is 3.07. The molecule has 0 rings (SSSR count). The van der Waals surface area contributed by atoms with Crippen LogP contribution in [0.4, 0.5) is 33.6 Å². The summed E-state index contributed by atoms with van der Waals surface area (Å²) in [5, 5.41) is 35.7. The molecule has 21 heteroatoms. The SMILES string of the molecule is CNC(=O)NC[C@H](CC(C)C)NC(=O)NC[C@H](C)NC(=O)NC[C@@H](NC(=O)NCC(C)(C)NC(=O)NCC(C)(C)NC(=O)NCC(C)(C)NC(=O)OC(C)(C)C)C(C)C. The van der Waals surface area contributed by atoms with Crippen LogP contribution in [-0.2, 0) is 4.74 Å². The van der Waals surface area contributed by atoms with Gasteiger partial charge in [-0.25, -0.2) is 33.6 Å². The van der Waals surface area contributed by atoms with Crippen molar-refractivity contribution < 1.29 is 38.3 Å². The van der Waals surface area contributed by atoms with Crippen LogP contribution in [0.2, 0.25) is 0 Å². The number of urea groups is 6. The zero-order valence-corrected chi connectivity index (χ0v) is 38.1. The predicted octanol–water partition coefficient (Wildman–Crippen LogP) is 2.10. The highest BCUT2D eigenvalue weighted by Crippen LogP contribution is 2.10. The van der Waals surface area contributed by atoms with E-state index in [1.807, 2.05) is 27.7 Å². The molecule has 0 saturated heterocycles. The van der Waals surface area contributed by atoms with Gasteiger partial charge in [0.15, 0.2) is 0 Å². The summed E-state index contributed by atoms with van der Waals surface area (Å²) >= 11 is 0. The van der Waals surface area contributed by atoms with E-state index in [-0.39, 0.29) is 63.2 Å². The van der Waals surface area contributed by atoms with Crippen LogP contribution in [0.3, 0.4) is 0 Å². The van der Waals surface area contributed by atoms with Crippen LogP contribution in [0.25, 0.3) is 0 Å². The van der Waals surface area contributed by atoms with E-state index in [9.17, 15) is 33.6 Å². The fraction of sp³-hybridized carbons (Fsp3) is 0.816. The molecule has 0 aliphatic heterocycles. The summed E-state index contributed by atoms with van der Waals surface area (Å²) in [5.41, 5.74) is -3.17. The number of amides is 13. The first kappa shape index (κ1) is 53.9. The molecule has 342 valence electrons. The van der Waals surface area contributed by atoms with Crippen molar-refractivity contribution >= 4 is 42.3 Å². The van der Waals surface area contributed by atoms with E-state index in [0.717, 1.165) is 0 Å². The Morgan fingerprint density at radius 1 is 0.492 bits per heavy atom. The van der Waals surface area contributed by atoms with E-state index >= 15 is 0 Å². The first-order valence-corrected chi connectivity index (χ1v) is 20.1. The summed E-state index contributed by atoms with van der Waals surface area (Å²) in [4.78, 5) is 87.1. The van der Waals surface area contributed by atoms with Gasteiger partial charge in [-0.1, -0.05) is 27.7 Å². The lowest BCUT2D eigenvalue weighted by molar-refractivity contribution is 0.0472. The topological polar surface area (TPSA) is 285 Å². The first-order valence-electron chi connectivity index (χ1n) is 20.1. The van der Waals surface area contributed by atoms with E-state index in [1.54, 1.807) is 69.2 Å². The van der Waals surface area contributed by atoms with E-state index in [2.05, 4.69) is 69.1 Å². The minimum absolute atomic E-state index is 0.0446. The lowest BCUT2D eigenvalue weighted by Gasteiger charge is -2.31. The molecule has 0 aromatic rings. The summed E-state index contributed by atoms with van der Waals surface area (Å²) in [6, 6.07) is -3.88. The molecule has 0 bridgehead atoms. The smallest absolute Gasteiger partial charge is 0.408 e. The second kappa shape index (κ2) is 24.7. The molecule has 0 fully saturated rings. The summed E-state index contributed by atoms with van der Waals surface area (Å²) in [6.07, 6.45) is 0.0572. The Morgan fingerprint density at radius 3 is 1.37 bits per heavy atom. The van der Waals surface area contributed by atoms with Gasteiger partial charge in [0.05, 0.1) is 22.7 Å². The molecule has 0 heterocycles. The van der Waals surface area contributed by atoms with Crippen molar-refractivity contribution in [3.63, 3.8) is 0 Å². The molecule has 0 aliphatic carbocycles. The molecule has 13 amide bonds. The van der Waals surface area contributed by atoms with Crippen LogP contribution in [0.5, 0.6) is 0 Å². The fourth-order valence-electron chi connectivity index (χ4n) is 5.07. The van der Waals surface area contributed by atoms with Gasteiger partial charge in [-0.2, -0.15) is 0 Å². The number of hydrogen-bond acceptors (Lipinski definition) is 8. The van der Waals surface area contributed by atoms with Gasteiger partial charge in [-0.05, 0) is 87.5 Å². The standard InChI is InChI=1S/C38H77N13O8/c1-23(2)16-26(18-41-28(52)39-15)47-30(54)40-17-25(5)46-29(53)42-19-27(24(3)4)48-31(55)43-20-36(9,10)49-32(56)44-21-37(11,12)50-33(57)45-22-38(13,14)51-34(58)59-35(6,7)8/h23-27H,16-22H2,1-15H3,(H,51,58)(H2,39,41,52)(H2,40,47,54)(H2,42,46,53)(H2,43,48,55)(H2,44,49,56)(H2,45,50,57)/t25-,26-,27+/m0/s1. The molecule has 0 spiro atoms. The zero-order chi connectivity index (χ0) is 45.8. The molecular weight excluding hydrogens is 767 g/mol. The van der Waals surface area contributed by atoms with Crippen molar-refractivity contribution in [2.75, 3.05) is 46.3 Å². The highest BCUT2D eigenvalue weighted by Gasteiger charge is 2.28. The molecule has 0 aromatic heterocycles. The van der Waals surface area contributed by atoms with Crippen LogP contribution in [0.15, 0.2) is 0 Å². The molecule has 0 aliphatic rings. The van der Waals surface area contributed by atoms with Crippen LogP contribution in [0.1, 0.15) is 103 Å². The van der Waals surface area contributed by atoms with Gasteiger partial charge in [-0.15, -0.1) is 0 Å². The van der Waals surface area contributed by atoms with E-state index in [0.29, 0.717) is 6.42 Å². The second-order valence-electron chi connectivity index (χ2n) is 18.5. The number of rotatable bonds is 21. The van der Waals surface area contributed by atoms with Crippen molar-refractivity contribution in [3.05, 3.63) is 0 Å². The minimum Gasteiger partial charge on any atom is -0.444 e. The van der Waals surface area contributed by atoms with Gasteiger partial charge in [0.1, 0.15) is 5.60 Å². The van der Waals surface area contributed by atoms with Gasteiger partial charge >= 0.3 is 42.3 Å². The van der Waals surface area contributed by atoms with Crippen molar-refractivity contribution in [1.29, 1.82) is 0 Å². The molecule has 0 saturated carbocycles. The Balaban J connectivity index is 4.75. The van der Waals surface area contributed by atoms with Crippen LogP contribution in [-0.4, -0.2) is 129 Å². The Hall–Kier alpha value is -5.11. The number of alkyl carbamates (subject to hydrolysis) is 1. The lowest BCUT2D eigenvalue weighted by Crippen LogP contribution is -2.60. The van der Waals surface area contributed by atoms with Crippen molar-refractivity contribution in [3.8, 4) is 0 Å². The number of hydrogen-bond donors (Lipinski definition) is 13. The third kappa shape index (κ3) is 28.0. The highest BCUT2D eigenvalue weighted by molar-refractivity contribution is 5.78. The Morgan fingerprint density at radius 2 is 0.915 bits per heavy atom. The largest absolute Gasteiger partial charge is 0.444 e. The maximum absolute atomic E-state index is 12.8. The van der Waals surface area contributed by atoms with Gasteiger partial charge in [-0.3, -0.25) is 0 Å². The van der Waals surface area contributed by atoms with Crippen LogP contribution in [0, 0.1) is 11.8 Å². The first-order chi connectivity index (χ1) is 26.9. The van der Waals surface area contributed by atoms with E-state index in [4.69, 9.17) is 4.74 Å². The minimum atomic E-state index is -0.868. The number of carbonyl (C=O) groups excluding carboxylic acids is 7. The van der Waals surface area contributed by atoms with Gasteiger partial charge < -0.3 is 73.9 Å². The molecule has 3 atom stereocenters. The van der Waals surface area contributed by atoms with Crippen molar-refractivity contribution in [1.82, 2.24) is 69.1 Å². The molecule has 0 unspecified atom stereocenters. The molecule has 13 N–H and O–H groups in total. The quantitative estimate of drug-likeness (QED) is 0.0811. The number of nitrogens with one attached hydrogen (secondary N) is 13. The number of ether oxygens (including phenoxy) is 1. The van der Waals surface area contributed by atoms with Crippen molar-refractivity contribution in [2.24, 2.45) is 11.8 Å². The van der Waals surface area contributed by atoms with Crippen LogP contribution < -0.4 is 69.1 Å². The third-order valence-electron chi connectivity index (χ3n) is 8.19. The molecule has 0 radical (unpaired) electrons. The average molecular weight is 844 g/mol. The maximum atomic E-state index is 12.8. The summed E-state index contributed by atoms with van der Waals surface area (Å²) in [7, 11) is 1.51. The normalized spacial score (nSPS) is 13.4. The highest BCUT2D eigenvalue weighted by atomic mass is 16.6. The monoisotopic (exact) mass is 844 g/mol. The van der Waals surface area contributed by atoms with Gasteiger partial charge in [0.25, 0.3) is 0 Å². The molecular formula is C38H77N13O8. The number of carbonyl (C=O) groups is 7. The summed E-state index contributed by atoms with van der Waals surface area (Å²) in [6.45, 7) is 26.0. The Bertz CT molecular complexity index is 1380. The van der Waals surface area contributed by atoms with Crippen LogP contribution >= 0.6 is 0 Å². The third-order valence-corrected chi connectivity index (χ3v) is 8.19. The lowest BCUT2D eigenvalue weighted by atomic mass is 10.0. The van der Waals surface area contributed by atoms with Gasteiger partial charge in [0, 0.05) is 58.4 Å². The summed E-state index contributed by atoms with van der Waals surface area (Å²) < 4.78 is 5.28. The second-order valence-corrected chi connectivity index (χ2v) is 18.5. The molecule has 59 heavy (non-hydrogen) atoms. The molecule has 21 nitrogen and oxygen atoms in total. The molecule has 0 aromatic carbocycles. The van der Waals surface area contributed by atoms with Crippen molar-refractivity contribution in [2.45, 2.75) is 144 Å². The fourth-order valence-corrected chi connectivity index (χ4v) is 5.07. The maximum Gasteiger partial charge on any atom is 0.408 e. The van der Waals surface area contributed by atoms with E-state index < -0.39 is 70.6 Å². The zero-order valence-electron chi connectivity index (χ0n) is 38.1. The predicted molar refractivity (Wildman–Crippen MR) is 228 cm³/mol. The summed E-state index contributed by atoms with van der Waals surface area (Å²) in [5.74, 6) is 0.242.